The zero-order valence-electron chi connectivity index (χ0n) is 15.7. The van der Waals surface area contributed by atoms with Crippen molar-refractivity contribution in [2.75, 3.05) is 12.4 Å². The number of carbonyl (C=O) groups excluding carboxylic acids is 1. The minimum absolute atomic E-state index is 0.114. The summed E-state index contributed by atoms with van der Waals surface area (Å²) < 4.78 is 28.8. The second-order valence-corrected chi connectivity index (χ2v) is 6.66. The van der Waals surface area contributed by atoms with Gasteiger partial charge in [-0.15, -0.1) is 0 Å². The van der Waals surface area contributed by atoms with Crippen LogP contribution < -0.4 is 10.1 Å². The van der Waals surface area contributed by atoms with E-state index >= 15 is 0 Å². The summed E-state index contributed by atoms with van der Waals surface area (Å²) in [6, 6.07) is 19.8. The zero-order valence-corrected chi connectivity index (χ0v) is 15.7. The Balaban J connectivity index is 1.60. The van der Waals surface area contributed by atoms with Gasteiger partial charge in [-0.2, -0.15) is 8.78 Å². The summed E-state index contributed by atoms with van der Waals surface area (Å²) in [5.74, 6) is -0.000987. The number of ether oxygens (including phenoxy) is 1. The molecular formula is C22H22F2N2O2. The molecule has 28 heavy (non-hydrogen) atoms. The lowest BCUT2D eigenvalue weighted by Crippen LogP contribution is -2.39. The number of hydrogen-bond donors (Lipinski definition) is 1. The molecule has 6 heteroatoms. The van der Waals surface area contributed by atoms with Crippen molar-refractivity contribution in [2.24, 2.45) is 0 Å². The van der Waals surface area contributed by atoms with E-state index in [-0.39, 0.29) is 17.7 Å². The topological polar surface area (TPSA) is 41.6 Å². The van der Waals surface area contributed by atoms with Crippen LogP contribution in [0.3, 0.4) is 0 Å². The van der Waals surface area contributed by atoms with Gasteiger partial charge in [0.15, 0.2) is 0 Å². The van der Waals surface area contributed by atoms with Crippen LogP contribution >= 0.6 is 0 Å². The van der Waals surface area contributed by atoms with Gasteiger partial charge in [-0.05, 0) is 54.6 Å². The minimum Gasteiger partial charge on any atom is -0.435 e. The number of nitrogens with zero attached hydrogens (tertiary/aromatic N) is 1. The normalized spacial score (nSPS) is 12.4. The largest absolute Gasteiger partial charge is 0.435 e. The first-order valence-corrected chi connectivity index (χ1v) is 8.96. The molecule has 0 radical (unpaired) electrons. The van der Waals surface area contributed by atoms with E-state index < -0.39 is 6.61 Å². The highest BCUT2D eigenvalue weighted by atomic mass is 19.3. The highest BCUT2D eigenvalue weighted by Crippen LogP contribution is 2.20. The number of hydrogen-bond acceptors (Lipinski definition) is 3. The van der Waals surface area contributed by atoms with Crippen LogP contribution in [0.5, 0.6) is 5.75 Å². The maximum atomic E-state index is 12.6. The van der Waals surface area contributed by atoms with Gasteiger partial charge in [-0.3, -0.25) is 9.69 Å². The molecule has 0 aliphatic carbocycles. The smallest absolute Gasteiger partial charge is 0.387 e. The molecule has 0 saturated heterocycles. The number of anilines is 1. The number of nitrogens with one attached hydrogen (secondary N) is 1. The number of alkyl halides is 2. The molecule has 3 aromatic rings. The summed E-state index contributed by atoms with van der Waals surface area (Å²) in [5.41, 5.74) is 1.65. The lowest BCUT2D eigenvalue weighted by Gasteiger charge is -2.24. The van der Waals surface area contributed by atoms with Gasteiger partial charge in [0.1, 0.15) is 5.75 Å². The number of benzene rings is 3. The number of likely N-dealkylation sites (N-methyl/N-ethyl adjacent to an activating group) is 1. The lowest BCUT2D eigenvalue weighted by atomic mass is 10.1. The molecule has 4 nitrogen and oxygen atoms in total. The van der Waals surface area contributed by atoms with Gasteiger partial charge in [0.2, 0.25) is 5.91 Å². The molecule has 0 aliphatic rings. The van der Waals surface area contributed by atoms with Crippen LogP contribution in [0, 0.1) is 0 Å². The molecule has 0 saturated carbocycles. The number of amides is 1. The summed E-state index contributed by atoms with van der Waals surface area (Å²) >= 11 is 0. The maximum Gasteiger partial charge on any atom is 0.387 e. The molecule has 0 bridgehead atoms. The average Bonchev–Trinajstić information content (AvgIpc) is 2.68. The summed E-state index contributed by atoms with van der Waals surface area (Å²) in [6.45, 7) is -0.515. The van der Waals surface area contributed by atoms with Crippen LogP contribution in [0.1, 0.15) is 12.5 Å². The van der Waals surface area contributed by atoms with E-state index in [1.165, 1.54) is 12.1 Å². The Hall–Kier alpha value is -2.99. The van der Waals surface area contributed by atoms with Crippen molar-refractivity contribution in [1.82, 2.24) is 4.90 Å². The second kappa shape index (κ2) is 8.80. The van der Waals surface area contributed by atoms with E-state index in [1.54, 1.807) is 12.1 Å². The summed E-state index contributed by atoms with van der Waals surface area (Å²) in [6.07, 6.45) is 0. The highest BCUT2D eigenvalue weighted by molar-refractivity contribution is 5.97. The fourth-order valence-electron chi connectivity index (χ4n) is 2.92. The van der Waals surface area contributed by atoms with Gasteiger partial charge in [0.05, 0.1) is 6.04 Å². The number of carbonyl (C=O) groups is 1. The molecule has 1 N–H and O–H groups in total. The van der Waals surface area contributed by atoms with Crippen molar-refractivity contribution < 1.29 is 18.3 Å². The van der Waals surface area contributed by atoms with Gasteiger partial charge >= 0.3 is 6.61 Å². The van der Waals surface area contributed by atoms with E-state index in [0.717, 1.165) is 22.0 Å². The maximum absolute atomic E-state index is 12.6. The van der Waals surface area contributed by atoms with Crippen molar-refractivity contribution in [3.05, 3.63) is 72.3 Å². The van der Waals surface area contributed by atoms with Gasteiger partial charge in [0, 0.05) is 12.2 Å². The molecule has 0 fully saturated rings. The standard InChI is InChI=1S/C22H22F2N2O2/c1-15(26(2)14-16-7-11-20(12-8-16)28-22(23)24)21(27)25-19-10-9-17-5-3-4-6-18(17)13-19/h3-13,15,22H,14H2,1-2H3,(H,25,27). The van der Waals surface area contributed by atoms with Crippen LogP contribution in [0.4, 0.5) is 14.5 Å². The Labute approximate surface area is 162 Å². The molecule has 0 heterocycles. The number of halogens is 2. The van der Waals surface area contributed by atoms with E-state index in [1.807, 2.05) is 61.3 Å². The molecule has 0 aliphatic heterocycles. The molecule has 0 spiro atoms. The van der Waals surface area contributed by atoms with Crippen LogP contribution in [-0.2, 0) is 11.3 Å². The third-order valence-corrected chi connectivity index (χ3v) is 4.64. The van der Waals surface area contributed by atoms with Gasteiger partial charge < -0.3 is 10.1 Å². The van der Waals surface area contributed by atoms with Crippen LogP contribution in [0.25, 0.3) is 10.8 Å². The van der Waals surface area contributed by atoms with Gasteiger partial charge in [-0.1, -0.05) is 42.5 Å². The van der Waals surface area contributed by atoms with Crippen LogP contribution in [0.2, 0.25) is 0 Å². The monoisotopic (exact) mass is 384 g/mol. The van der Waals surface area contributed by atoms with Crippen LogP contribution in [-0.4, -0.2) is 30.5 Å². The first-order valence-electron chi connectivity index (χ1n) is 8.96. The quantitative estimate of drug-likeness (QED) is 0.630. The fraction of sp³-hybridized carbons (Fsp3) is 0.227. The Morgan fingerprint density at radius 3 is 2.39 bits per heavy atom. The van der Waals surface area contributed by atoms with Crippen LogP contribution in [0.15, 0.2) is 66.7 Å². The molecular weight excluding hydrogens is 362 g/mol. The Morgan fingerprint density at radius 1 is 1.04 bits per heavy atom. The summed E-state index contributed by atoms with van der Waals surface area (Å²) in [5, 5.41) is 5.13. The van der Waals surface area contributed by atoms with Crippen molar-refractivity contribution >= 4 is 22.4 Å². The SMILES string of the molecule is CC(C(=O)Nc1ccc2ccccc2c1)N(C)Cc1ccc(OC(F)F)cc1. The number of fused-ring (bicyclic) bond motifs is 1. The molecule has 146 valence electrons. The molecule has 1 amide bonds. The zero-order chi connectivity index (χ0) is 20.1. The minimum atomic E-state index is -2.84. The van der Waals surface area contributed by atoms with Gasteiger partial charge in [-0.25, -0.2) is 0 Å². The van der Waals surface area contributed by atoms with E-state index in [4.69, 9.17) is 0 Å². The Bertz CT molecular complexity index is 945. The molecule has 0 aromatic heterocycles. The Morgan fingerprint density at radius 2 is 1.71 bits per heavy atom. The molecule has 1 atom stereocenters. The van der Waals surface area contributed by atoms with E-state index in [9.17, 15) is 13.6 Å². The van der Waals surface area contributed by atoms with E-state index in [2.05, 4.69) is 10.1 Å². The van der Waals surface area contributed by atoms with Crippen molar-refractivity contribution in [3.63, 3.8) is 0 Å². The highest BCUT2D eigenvalue weighted by Gasteiger charge is 2.18. The third-order valence-electron chi connectivity index (χ3n) is 4.64. The first-order chi connectivity index (χ1) is 13.4. The molecule has 1 unspecified atom stereocenters. The molecule has 3 rings (SSSR count). The first kappa shape index (κ1) is 19.8. The Kier molecular flexibility index (Phi) is 6.21. The second-order valence-electron chi connectivity index (χ2n) is 6.66. The summed E-state index contributed by atoms with van der Waals surface area (Å²) in [4.78, 5) is 14.5. The average molecular weight is 384 g/mol. The fourth-order valence-corrected chi connectivity index (χ4v) is 2.92. The predicted octanol–water partition coefficient (Wildman–Crippen LogP) is 4.90. The lowest BCUT2D eigenvalue weighted by molar-refractivity contribution is -0.120. The van der Waals surface area contributed by atoms with E-state index in [0.29, 0.717) is 6.54 Å². The third kappa shape index (κ3) is 5.04. The van der Waals surface area contributed by atoms with Crippen molar-refractivity contribution in [3.8, 4) is 5.75 Å². The number of rotatable bonds is 7. The van der Waals surface area contributed by atoms with Crippen molar-refractivity contribution in [2.45, 2.75) is 26.1 Å². The summed E-state index contributed by atoms with van der Waals surface area (Å²) in [7, 11) is 1.84. The van der Waals surface area contributed by atoms with Crippen molar-refractivity contribution in [1.29, 1.82) is 0 Å². The predicted molar refractivity (Wildman–Crippen MR) is 107 cm³/mol. The molecule has 3 aromatic carbocycles. The van der Waals surface area contributed by atoms with Gasteiger partial charge in [0.25, 0.3) is 0 Å².